The molecule has 0 radical (unpaired) electrons. The van der Waals surface area contributed by atoms with E-state index >= 15 is 0 Å². The van der Waals surface area contributed by atoms with Gasteiger partial charge < -0.3 is 33.2 Å². The maximum absolute atomic E-state index is 12.8. The first-order valence-electron chi connectivity index (χ1n) is 11.4. The van der Waals surface area contributed by atoms with E-state index in [4.69, 9.17) is 33.2 Å². The molecule has 1 heterocycles. The van der Waals surface area contributed by atoms with Gasteiger partial charge in [0.1, 0.15) is 24.9 Å². The molecule has 1 aliphatic heterocycles. The quantitative estimate of drug-likeness (QED) is 0.249. The molecule has 0 aromatic carbocycles. The Kier molecular flexibility index (Phi) is 11.8. The second-order valence-electron chi connectivity index (χ2n) is 8.31. The van der Waals surface area contributed by atoms with Crippen LogP contribution in [0.1, 0.15) is 48.0 Å². The fourth-order valence-electron chi connectivity index (χ4n) is 4.13. The molecule has 0 N–H and O–H groups in total. The average molecular weight is 548 g/mol. The number of nitrogens with zero attached hydrogens (tertiary/aromatic N) is 1. The van der Waals surface area contributed by atoms with E-state index in [2.05, 4.69) is 0 Å². The zero-order valence-corrected chi connectivity index (χ0v) is 22.5. The van der Waals surface area contributed by atoms with Crippen molar-refractivity contribution in [2.24, 2.45) is 0 Å². The van der Waals surface area contributed by atoms with Crippen molar-refractivity contribution >= 4 is 41.7 Å². The van der Waals surface area contributed by atoms with Gasteiger partial charge in [-0.15, -0.1) is 0 Å². The van der Waals surface area contributed by atoms with E-state index in [0.29, 0.717) is 4.90 Å². The molecule has 0 saturated carbocycles. The monoisotopic (exact) mass is 547 g/mol. The molecule has 38 heavy (non-hydrogen) atoms. The van der Waals surface area contributed by atoms with E-state index in [-0.39, 0.29) is 0 Å². The fourth-order valence-corrected chi connectivity index (χ4v) is 4.13. The van der Waals surface area contributed by atoms with Crippen LogP contribution in [0.25, 0.3) is 0 Å². The lowest BCUT2D eigenvalue weighted by Crippen LogP contribution is -2.70. The highest BCUT2D eigenvalue weighted by molar-refractivity contribution is 5.93. The van der Waals surface area contributed by atoms with Gasteiger partial charge in [0.15, 0.2) is 12.2 Å². The van der Waals surface area contributed by atoms with Crippen LogP contribution in [0.5, 0.6) is 0 Å². The third-order valence-electron chi connectivity index (χ3n) is 5.39. The Bertz CT molecular complexity index is 934. The van der Waals surface area contributed by atoms with Gasteiger partial charge in [-0.25, -0.2) is 4.79 Å². The lowest BCUT2D eigenvalue weighted by atomic mass is 9.86. The molecule has 0 aliphatic carbocycles. The van der Waals surface area contributed by atoms with Crippen LogP contribution in [0.3, 0.4) is 0 Å². The summed E-state index contributed by atoms with van der Waals surface area (Å²) in [5.41, 5.74) is 0. The van der Waals surface area contributed by atoms with Crippen molar-refractivity contribution in [2.75, 3.05) is 20.8 Å². The van der Waals surface area contributed by atoms with Crippen molar-refractivity contribution in [3.8, 4) is 0 Å². The van der Waals surface area contributed by atoms with E-state index in [1.165, 1.54) is 0 Å². The summed E-state index contributed by atoms with van der Waals surface area (Å²) in [4.78, 5) is 86.4. The highest BCUT2D eigenvalue weighted by atomic mass is 16.7. The Labute approximate surface area is 218 Å². The van der Waals surface area contributed by atoms with Gasteiger partial charge in [0.2, 0.25) is 11.8 Å². The maximum Gasteiger partial charge on any atom is 0.366 e. The summed E-state index contributed by atoms with van der Waals surface area (Å²) in [6.07, 6.45) is -7.08. The Morgan fingerprint density at radius 1 is 0.842 bits per heavy atom. The van der Waals surface area contributed by atoms with Crippen molar-refractivity contribution in [2.45, 2.75) is 84.2 Å². The summed E-state index contributed by atoms with van der Waals surface area (Å²) >= 11 is 0. The smallest absolute Gasteiger partial charge is 0.366 e. The molecule has 0 bridgehead atoms. The van der Waals surface area contributed by atoms with Gasteiger partial charge in [0, 0.05) is 48.7 Å². The first kappa shape index (κ1) is 32.4. The summed E-state index contributed by atoms with van der Waals surface area (Å²) < 4.78 is 37.1. The zero-order chi connectivity index (χ0) is 29.4. The number of ether oxygens (including phenoxy) is 7. The summed E-state index contributed by atoms with van der Waals surface area (Å²) in [6.45, 7) is 5.58. The molecule has 1 rings (SSSR count). The van der Waals surface area contributed by atoms with Gasteiger partial charge in [-0.2, -0.15) is 0 Å². The molecule has 0 unspecified atom stereocenters. The summed E-state index contributed by atoms with van der Waals surface area (Å²) in [5.74, 6) is -8.49. The third-order valence-corrected chi connectivity index (χ3v) is 5.39. The molecule has 6 atom stereocenters. The molecule has 1 aliphatic rings. The normalized spacial score (nSPS) is 24.2. The number of hydrogen-bond acceptors (Lipinski definition) is 14. The van der Waals surface area contributed by atoms with Gasteiger partial charge in [0.05, 0.1) is 13.5 Å². The van der Waals surface area contributed by atoms with Crippen molar-refractivity contribution in [3.05, 3.63) is 0 Å². The van der Waals surface area contributed by atoms with Crippen molar-refractivity contribution in [1.29, 1.82) is 0 Å². The summed E-state index contributed by atoms with van der Waals surface area (Å²) in [5, 5.41) is 0. The Morgan fingerprint density at radius 3 is 1.79 bits per heavy atom. The van der Waals surface area contributed by atoms with Crippen LogP contribution >= 0.6 is 0 Å². The predicted molar refractivity (Wildman–Crippen MR) is 122 cm³/mol. The summed E-state index contributed by atoms with van der Waals surface area (Å²) in [7, 11) is 2.11. The van der Waals surface area contributed by atoms with E-state index in [0.717, 1.165) is 55.8 Å². The number of imide groups is 1. The standard InChI is InChI=1S/C23H33NO14/c1-11(25)24(12(2)26)19-17(35-14(4)28)9-23(33-8,22(31)32-7)38-21(19)20(37-16(6)30)18(36-15(5)29)10-34-13(3)27/h17-21H,9-10H2,1-8H3/t17-,18+,19+,20+,21+,23-/m0/s1. The molecule has 214 valence electrons. The zero-order valence-electron chi connectivity index (χ0n) is 22.5. The van der Waals surface area contributed by atoms with Gasteiger partial charge >= 0.3 is 29.8 Å². The van der Waals surface area contributed by atoms with E-state index in [1.54, 1.807) is 0 Å². The van der Waals surface area contributed by atoms with Gasteiger partial charge in [0.25, 0.3) is 5.79 Å². The number of rotatable bonds is 10. The number of esters is 5. The van der Waals surface area contributed by atoms with Gasteiger partial charge in [-0.05, 0) is 0 Å². The molecule has 1 saturated heterocycles. The largest absolute Gasteiger partial charge is 0.465 e. The van der Waals surface area contributed by atoms with Gasteiger partial charge in [-0.1, -0.05) is 0 Å². The number of hydrogen-bond donors (Lipinski definition) is 0. The highest BCUT2D eigenvalue weighted by Crippen LogP contribution is 2.38. The maximum atomic E-state index is 12.8. The minimum absolute atomic E-state index is 0.553. The number of amides is 2. The van der Waals surface area contributed by atoms with E-state index in [1.807, 2.05) is 0 Å². The van der Waals surface area contributed by atoms with E-state index in [9.17, 15) is 33.6 Å². The molecule has 0 aromatic rings. The Hall–Kier alpha value is -3.59. The average Bonchev–Trinajstić information content (AvgIpc) is 2.79. The predicted octanol–water partition coefficient (Wildman–Crippen LogP) is -0.587. The van der Waals surface area contributed by atoms with Crippen molar-refractivity contribution < 1.29 is 66.7 Å². The lowest BCUT2D eigenvalue weighted by molar-refractivity contribution is -0.313. The second kappa shape index (κ2) is 13.8. The van der Waals surface area contributed by atoms with Crippen LogP contribution in [-0.4, -0.2) is 104 Å². The minimum Gasteiger partial charge on any atom is -0.465 e. The lowest BCUT2D eigenvalue weighted by Gasteiger charge is -2.50. The topological polar surface area (TPSA) is 187 Å². The van der Waals surface area contributed by atoms with Crippen LogP contribution in [-0.2, 0) is 66.7 Å². The SMILES string of the molecule is COC(=O)[C@]1(OC)C[C@H](OC(C)=O)[C@@H](N(C(C)=O)C(C)=O)[C@H]([C@H](OC(C)=O)[C@@H](COC(C)=O)OC(C)=O)O1. The number of carbonyl (C=O) groups is 7. The Balaban J connectivity index is 3.97. The highest BCUT2D eigenvalue weighted by Gasteiger charge is 2.60. The molecule has 0 aromatic heterocycles. The Morgan fingerprint density at radius 2 is 1.39 bits per heavy atom. The molecular weight excluding hydrogens is 514 g/mol. The van der Waals surface area contributed by atoms with E-state index < -0.39 is 90.9 Å². The molecule has 15 heteroatoms. The van der Waals surface area contributed by atoms with Gasteiger partial charge in [-0.3, -0.25) is 33.7 Å². The second-order valence-corrected chi connectivity index (χ2v) is 8.31. The molecule has 1 fully saturated rings. The molecular formula is C23H33NO14. The minimum atomic E-state index is -2.30. The van der Waals surface area contributed by atoms with Crippen LogP contribution in [0.2, 0.25) is 0 Å². The number of carbonyl (C=O) groups excluding carboxylic acids is 7. The van der Waals surface area contributed by atoms with Crippen LogP contribution in [0.15, 0.2) is 0 Å². The van der Waals surface area contributed by atoms with Crippen LogP contribution in [0, 0.1) is 0 Å². The number of methoxy groups -OCH3 is 2. The third kappa shape index (κ3) is 8.21. The van der Waals surface area contributed by atoms with Crippen molar-refractivity contribution in [3.63, 3.8) is 0 Å². The van der Waals surface area contributed by atoms with Crippen molar-refractivity contribution in [1.82, 2.24) is 4.90 Å². The van der Waals surface area contributed by atoms with Crippen LogP contribution < -0.4 is 0 Å². The molecule has 15 nitrogen and oxygen atoms in total. The molecule has 2 amide bonds. The first-order valence-corrected chi connectivity index (χ1v) is 11.4. The van der Waals surface area contributed by atoms with Crippen LogP contribution in [0.4, 0.5) is 0 Å². The molecule has 0 spiro atoms. The summed E-state index contributed by atoms with van der Waals surface area (Å²) in [6, 6.07) is -1.54. The fraction of sp³-hybridized carbons (Fsp3) is 0.696. The first-order chi connectivity index (χ1) is 17.6.